The van der Waals surface area contributed by atoms with E-state index in [-0.39, 0.29) is 12.3 Å². The van der Waals surface area contributed by atoms with Crippen LogP contribution in [0, 0.1) is 19.7 Å². The van der Waals surface area contributed by atoms with E-state index in [1.54, 1.807) is 42.7 Å². The number of aromatic nitrogens is 1. The molecule has 1 atom stereocenters. The van der Waals surface area contributed by atoms with E-state index in [1.165, 1.54) is 6.07 Å². The summed E-state index contributed by atoms with van der Waals surface area (Å²) in [7, 11) is 0. The van der Waals surface area contributed by atoms with Crippen LogP contribution >= 0.6 is 0 Å². The fraction of sp³-hybridized carbons (Fsp3) is 0.208. The molecular formula is C24H22FN3O3. The number of carbonyl (C=O) groups is 3. The van der Waals surface area contributed by atoms with Gasteiger partial charge in [-0.05, 0) is 37.6 Å². The van der Waals surface area contributed by atoms with E-state index in [0.29, 0.717) is 29.1 Å². The van der Waals surface area contributed by atoms with Crippen molar-refractivity contribution in [3.05, 3.63) is 89.0 Å². The summed E-state index contributed by atoms with van der Waals surface area (Å²) in [4.78, 5) is 39.0. The Morgan fingerprint density at radius 3 is 2.42 bits per heavy atom. The number of imide groups is 1. The fourth-order valence-electron chi connectivity index (χ4n) is 3.99. The van der Waals surface area contributed by atoms with Gasteiger partial charge in [-0.3, -0.25) is 14.5 Å². The van der Waals surface area contributed by atoms with Crippen LogP contribution in [0.1, 0.15) is 27.3 Å². The van der Waals surface area contributed by atoms with E-state index in [4.69, 9.17) is 0 Å². The Balaban J connectivity index is 1.54. The van der Waals surface area contributed by atoms with Crippen molar-refractivity contribution in [3.63, 3.8) is 0 Å². The molecule has 0 spiro atoms. The first-order chi connectivity index (χ1) is 14.9. The van der Waals surface area contributed by atoms with Crippen molar-refractivity contribution in [2.75, 3.05) is 6.54 Å². The van der Waals surface area contributed by atoms with Gasteiger partial charge in [0, 0.05) is 23.4 Å². The number of benzene rings is 2. The van der Waals surface area contributed by atoms with Gasteiger partial charge in [-0.2, -0.15) is 0 Å². The molecule has 0 saturated carbocycles. The highest BCUT2D eigenvalue weighted by Crippen LogP contribution is 2.24. The zero-order valence-corrected chi connectivity index (χ0v) is 17.3. The highest BCUT2D eigenvalue weighted by Gasteiger charge is 2.39. The molecular weight excluding hydrogens is 397 g/mol. The van der Waals surface area contributed by atoms with Gasteiger partial charge in [-0.25, -0.2) is 9.18 Å². The molecule has 3 amide bonds. The number of nitrogens with zero attached hydrogens (tertiary/aromatic N) is 2. The molecule has 0 bridgehead atoms. The topological polar surface area (TPSA) is 71.4 Å². The van der Waals surface area contributed by atoms with E-state index in [0.717, 1.165) is 10.5 Å². The van der Waals surface area contributed by atoms with Gasteiger partial charge in [-0.1, -0.05) is 42.5 Å². The molecule has 2 aromatic carbocycles. The molecule has 31 heavy (non-hydrogen) atoms. The molecule has 4 rings (SSSR count). The number of urea groups is 1. The number of carbonyl (C=O) groups excluding carboxylic acids is 3. The lowest BCUT2D eigenvalue weighted by atomic mass is 10.1. The van der Waals surface area contributed by atoms with E-state index in [1.807, 2.05) is 30.3 Å². The Hall–Kier alpha value is -3.74. The van der Waals surface area contributed by atoms with Gasteiger partial charge in [0.25, 0.3) is 5.91 Å². The van der Waals surface area contributed by atoms with Crippen molar-refractivity contribution in [2.24, 2.45) is 0 Å². The number of ketones is 1. The molecule has 7 heteroatoms. The first kappa shape index (κ1) is 20.5. The summed E-state index contributed by atoms with van der Waals surface area (Å²) in [6.45, 7) is 3.13. The SMILES string of the molecule is Cc1cc(C(=O)CN2C(=O)N[C@H](Cc3ccccc3)C2=O)c(C)n1-c1ccccc1F. The number of hydrogen-bond acceptors (Lipinski definition) is 3. The summed E-state index contributed by atoms with van der Waals surface area (Å²) in [6, 6.07) is 16.1. The molecule has 6 nitrogen and oxygen atoms in total. The van der Waals surface area contributed by atoms with Gasteiger partial charge in [-0.15, -0.1) is 0 Å². The number of amides is 3. The predicted molar refractivity (Wildman–Crippen MR) is 114 cm³/mol. The Bertz CT molecular complexity index is 1170. The smallest absolute Gasteiger partial charge is 0.325 e. The molecule has 1 fully saturated rings. The average Bonchev–Trinajstić information content (AvgIpc) is 3.19. The lowest BCUT2D eigenvalue weighted by Gasteiger charge is -2.13. The molecule has 2 heterocycles. The van der Waals surface area contributed by atoms with Crippen LogP contribution in [0.2, 0.25) is 0 Å². The molecule has 1 aliphatic heterocycles. The van der Waals surface area contributed by atoms with Gasteiger partial charge in [0.05, 0.1) is 12.2 Å². The lowest BCUT2D eigenvalue weighted by Crippen LogP contribution is -2.36. The van der Waals surface area contributed by atoms with Gasteiger partial charge >= 0.3 is 6.03 Å². The Kier molecular flexibility index (Phi) is 5.42. The summed E-state index contributed by atoms with van der Waals surface area (Å²) < 4.78 is 15.9. The normalized spacial score (nSPS) is 16.0. The molecule has 0 radical (unpaired) electrons. The molecule has 0 unspecified atom stereocenters. The second kappa shape index (κ2) is 8.18. The van der Waals surface area contributed by atoms with Crippen LogP contribution in [-0.4, -0.2) is 39.8 Å². The van der Waals surface area contributed by atoms with Crippen molar-refractivity contribution in [3.8, 4) is 5.69 Å². The van der Waals surface area contributed by atoms with Gasteiger partial charge in [0.15, 0.2) is 5.78 Å². The maximum Gasteiger partial charge on any atom is 0.325 e. The first-order valence-corrected chi connectivity index (χ1v) is 9.99. The Labute approximate surface area is 179 Å². The molecule has 3 aromatic rings. The van der Waals surface area contributed by atoms with Crippen molar-refractivity contribution in [1.29, 1.82) is 0 Å². The lowest BCUT2D eigenvalue weighted by molar-refractivity contribution is -0.127. The third-order valence-corrected chi connectivity index (χ3v) is 5.52. The number of nitrogens with one attached hydrogen (secondary N) is 1. The van der Waals surface area contributed by atoms with E-state index >= 15 is 0 Å². The molecule has 158 valence electrons. The van der Waals surface area contributed by atoms with E-state index in [9.17, 15) is 18.8 Å². The zero-order chi connectivity index (χ0) is 22.1. The number of hydrogen-bond donors (Lipinski definition) is 1. The maximum atomic E-state index is 14.3. The minimum Gasteiger partial charge on any atom is -0.325 e. The number of halogens is 1. The largest absolute Gasteiger partial charge is 0.325 e. The van der Waals surface area contributed by atoms with Crippen LogP contribution in [0.5, 0.6) is 0 Å². The monoisotopic (exact) mass is 419 g/mol. The highest BCUT2D eigenvalue weighted by atomic mass is 19.1. The Morgan fingerprint density at radius 1 is 1.03 bits per heavy atom. The summed E-state index contributed by atoms with van der Waals surface area (Å²) in [5.74, 6) is -1.20. The zero-order valence-electron chi connectivity index (χ0n) is 17.3. The van der Waals surface area contributed by atoms with Crippen molar-refractivity contribution in [2.45, 2.75) is 26.3 Å². The van der Waals surface area contributed by atoms with Crippen molar-refractivity contribution < 1.29 is 18.8 Å². The highest BCUT2D eigenvalue weighted by molar-refractivity contribution is 6.09. The van der Waals surface area contributed by atoms with Crippen molar-refractivity contribution >= 4 is 17.7 Å². The third kappa shape index (κ3) is 3.86. The standard InChI is InChI=1S/C24H22FN3O3/c1-15-12-18(16(2)28(15)21-11-7-6-10-19(21)25)22(29)14-27-23(30)20(26-24(27)31)13-17-8-4-3-5-9-17/h3-12,20H,13-14H2,1-2H3,(H,26,31)/t20-/m1/s1. The number of para-hydroxylation sites is 1. The molecule has 1 aromatic heterocycles. The maximum absolute atomic E-state index is 14.3. The Morgan fingerprint density at radius 2 is 1.71 bits per heavy atom. The predicted octanol–water partition coefficient (Wildman–Crippen LogP) is 3.58. The molecule has 1 saturated heterocycles. The summed E-state index contributed by atoms with van der Waals surface area (Å²) in [5.41, 5.74) is 2.86. The van der Waals surface area contributed by atoms with E-state index < -0.39 is 23.8 Å². The number of aryl methyl sites for hydroxylation is 1. The summed E-state index contributed by atoms with van der Waals surface area (Å²) >= 11 is 0. The first-order valence-electron chi connectivity index (χ1n) is 9.99. The van der Waals surface area contributed by atoms with Crippen LogP contribution in [-0.2, 0) is 11.2 Å². The van der Waals surface area contributed by atoms with Crippen LogP contribution in [0.3, 0.4) is 0 Å². The number of rotatable bonds is 6. The van der Waals surface area contributed by atoms with Crippen LogP contribution < -0.4 is 5.32 Å². The molecule has 1 N–H and O–H groups in total. The van der Waals surface area contributed by atoms with Crippen LogP contribution in [0.15, 0.2) is 60.7 Å². The quantitative estimate of drug-likeness (QED) is 0.490. The van der Waals surface area contributed by atoms with Crippen LogP contribution in [0.4, 0.5) is 9.18 Å². The summed E-state index contributed by atoms with van der Waals surface area (Å²) in [6.07, 6.45) is 0.359. The minimum atomic E-state index is -0.700. The summed E-state index contributed by atoms with van der Waals surface area (Å²) in [5, 5.41) is 2.65. The molecule has 0 aliphatic carbocycles. The van der Waals surface area contributed by atoms with Gasteiger partial charge in [0.2, 0.25) is 0 Å². The second-order valence-electron chi connectivity index (χ2n) is 7.61. The second-order valence-corrected chi connectivity index (χ2v) is 7.61. The van der Waals surface area contributed by atoms with E-state index in [2.05, 4.69) is 5.32 Å². The van der Waals surface area contributed by atoms with Gasteiger partial charge < -0.3 is 9.88 Å². The third-order valence-electron chi connectivity index (χ3n) is 5.52. The van der Waals surface area contributed by atoms with Crippen molar-refractivity contribution in [1.82, 2.24) is 14.8 Å². The minimum absolute atomic E-state index is 0.342. The molecule has 1 aliphatic rings. The van der Waals surface area contributed by atoms with Gasteiger partial charge in [0.1, 0.15) is 11.9 Å². The number of Topliss-reactive ketones (excluding diaryl/α,β-unsaturated/α-hetero) is 1. The average molecular weight is 419 g/mol. The fourth-order valence-corrected chi connectivity index (χ4v) is 3.99. The van der Waals surface area contributed by atoms with Crippen LogP contribution in [0.25, 0.3) is 5.69 Å².